The predicted molar refractivity (Wildman–Crippen MR) is 68.7 cm³/mol. The van der Waals surface area contributed by atoms with Crippen molar-refractivity contribution in [3.63, 3.8) is 0 Å². The van der Waals surface area contributed by atoms with Gasteiger partial charge in [0, 0.05) is 25.6 Å². The number of nitrogens with two attached hydrogens (primary N) is 1. The molecule has 4 nitrogen and oxygen atoms in total. The van der Waals surface area contributed by atoms with Gasteiger partial charge < -0.3 is 15.4 Å². The minimum atomic E-state index is -0.0411. The summed E-state index contributed by atoms with van der Waals surface area (Å²) in [5.74, 6) is 0.164. The lowest BCUT2D eigenvalue weighted by atomic mass is 9.87. The third-order valence-electron chi connectivity index (χ3n) is 2.91. The highest BCUT2D eigenvalue weighted by Crippen LogP contribution is 2.21. The third-order valence-corrected chi connectivity index (χ3v) is 2.91. The van der Waals surface area contributed by atoms with Gasteiger partial charge in [-0.25, -0.2) is 0 Å². The average Bonchev–Trinajstić information content (AvgIpc) is 2.14. The normalized spacial score (nSPS) is 23.6. The molecule has 17 heavy (non-hydrogen) atoms. The summed E-state index contributed by atoms with van der Waals surface area (Å²) in [6.07, 6.45) is 1.47. The first-order chi connectivity index (χ1) is 7.78. The molecule has 0 aromatic carbocycles. The van der Waals surface area contributed by atoms with Crippen LogP contribution in [0.5, 0.6) is 0 Å². The van der Waals surface area contributed by atoms with E-state index in [1.54, 1.807) is 0 Å². The van der Waals surface area contributed by atoms with Gasteiger partial charge in [0.1, 0.15) is 0 Å². The number of amides is 1. The summed E-state index contributed by atoms with van der Waals surface area (Å²) in [4.78, 5) is 13.9. The topological polar surface area (TPSA) is 55.6 Å². The van der Waals surface area contributed by atoms with Gasteiger partial charge >= 0.3 is 0 Å². The maximum absolute atomic E-state index is 12.0. The SMILES string of the molecule is CC1CN(C(=O)CC(N)CC(C)(C)C)CCO1. The second-order valence-electron chi connectivity index (χ2n) is 6.25. The van der Waals surface area contributed by atoms with Crippen LogP contribution in [0.4, 0.5) is 0 Å². The first kappa shape index (κ1) is 14.5. The van der Waals surface area contributed by atoms with Crippen molar-refractivity contribution in [3.8, 4) is 0 Å². The van der Waals surface area contributed by atoms with Gasteiger partial charge in [-0.3, -0.25) is 4.79 Å². The smallest absolute Gasteiger partial charge is 0.224 e. The molecule has 0 spiro atoms. The summed E-state index contributed by atoms with van der Waals surface area (Å²) < 4.78 is 5.42. The van der Waals surface area contributed by atoms with Crippen LogP contribution in [0.1, 0.15) is 40.5 Å². The van der Waals surface area contributed by atoms with E-state index in [0.717, 1.165) is 6.42 Å². The number of morpholine rings is 1. The quantitative estimate of drug-likeness (QED) is 0.813. The summed E-state index contributed by atoms with van der Waals surface area (Å²) in [6.45, 7) is 10.5. The number of carbonyl (C=O) groups is 1. The Kier molecular flexibility index (Phi) is 4.95. The number of nitrogens with zero attached hydrogens (tertiary/aromatic N) is 1. The van der Waals surface area contributed by atoms with Gasteiger partial charge in [-0.1, -0.05) is 20.8 Å². The molecular weight excluding hydrogens is 216 g/mol. The molecule has 0 bridgehead atoms. The van der Waals surface area contributed by atoms with E-state index >= 15 is 0 Å². The molecule has 1 saturated heterocycles. The Bertz CT molecular complexity index is 261. The van der Waals surface area contributed by atoms with Crippen molar-refractivity contribution in [2.75, 3.05) is 19.7 Å². The van der Waals surface area contributed by atoms with Gasteiger partial charge in [0.25, 0.3) is 0 Å². The molecular formula is C13H26N2O2. The molecule has 0 radical (unpaired) electrons. The Morgan fingerprint density at radius 2 is 2.18 bits per heavy atom. The maximum Gasteiger partial charge on any atom is 0.224 e. The van der Waals surface area contributed by atoms with E-state index in [9.17, 15) is 4.79 Å². The van der Waals surface area contributed by atoms with Crippen LogP contribution in [0.2, 0.25) is 0 Å². The maximum atomic E-state index is 12.0. The fourth-order valence-corrected chi connectivity index (χ4v) is 2.26. The number of hydrogen-bond acceptors (Lipinski definition) is 3. The molecule has 0 aromatic heterocycles. The van der Waals surface area contributed by atoms with Gasteiger partial charge in [0.2, 0.25) is 5.91 Å². The monoisotopic (exact) mass is 242 g/mol. The number of carbonyl (C=O) groups excluding carboxylic acids is 1. The minimum Gasteiger partial charge on any atom is -0.375 e. The highest BCUT2D eigenvalue weighted by Gasteiger charge is 2.24. The van der Waals surface area contributed by atoms with Crippen LogP contribution in [-0.4, -0.2) is 42.6 Å². The van der Waals surface area contributed by atoms with Crippen molar-refractivity contribution in [1.29, 1.82) is 0 Å². The fraction of sp³-hybridized carbons (Fsp3) is 0.923. The molecule has 0 aromatic rings. The lowest BCUT2D eigenvalue weighted by Gasteiger charge is -2.32. The van der Waals surface area contributed by atoms with Crippen LogP contribution < -0.4 is 5.73 Å². The molecule has 0 aliphatic carbocycles. The van der Waals surface area contributed by atoms with Crippen molar-refractivity contribution in [1.82, 2.24) is 4.90 Å². The van der Waals surface area contributed by atoms with Gasteiger partial charge in [-0.05, 0) is 18.8 Å². The summed E-state index contributed by atoms with van der Waals surface area (Å²) in [7, 11) is 0. The average molecular weight is 242 g/mol. The Labute approximate surface area is 104 Å². The molecule has 2 N–H and O–H groups in total. The van der Waals surface area contributed by atoms with E-state index in [0.29, 0.717) is 26.1 Å². The van der Waals surface area contributed by atoms with Gasteiger partial charge in [0.05, 0.1) is 12.7 Å². The summed E-state index contributed by atoms with van der Waals surface area (Å²) >= 11 is 0. The number of rotatable bonds is 3. The zero-order chi connectivity index (χ0) is 13.1. The Hall–Kier alpha value is -0.610. The molecule has 1 amide bonds. The molecule has 1 rings (SSSR count). The van der Waals surface area contributed by atoms with Crippen LogP contribution in [0.25, 0.3) is 0 Å². The van der Waals surface area contributed by atoms with Crippen molar-refractivity contribution in [3.05, 3.63) is 0 Å². The minimum absolute atomic E-state index is 0.0411. The standard InChI is InChI=1S/C13H26N2O2/c1-10-9-15(5-6-17-10)12(16)7-11(14)8-13(2,3)4/h10-11H,5-9,14H2,1-4H3. The molecule has 2 atom stereocenters. The molecule has 0 saturated carbocycles. The Morgan fingerprint density at radius 3 is 2.71 bits per heavy atom. The molecule has 4 heteroatoms. The first-order valence-corrected chi connectivity index (χ1v) is 6.43. The Morgan fingerprint density at radius 1 is 1.53 bits per heavy atom. The zero-order valence-electron chi connectivity index (χ0n) is 11.5. The molecule has 1 aliphatic rings. The molecule has 2 unspecified atom stereocenters. The number of hydrogen-bond donors (Lipinski definition) is 1. The van der Waals surface area contributed by atoms with E-state index in [2.05, 4.69) is 20.8 Å². The molecule has 100 valence electrons. The van der Waals surface area contributed by atoms with Gasteiger partial charge in [-0.15, -0.1) is 0 Å². The largest absolute Gasteiger partial charge is 0.375 e. The molecule has 1 fully saturated rings. The van der Waals surface area contributed by atoms with Crippen molar-refractivity contribution in [2.45, 2.75) is 52.7 Å². The lowest BCUT2D eigenvalue weighted by Crippen LogP contribution is -2.46. The molecule has 1 heterocycles. The van der Waals surface area contributed by atoms with E-state index in [4.69, 9.17) is 10.5 Å². The summed E-state index contributed by atoms with van der Waals surface area (Å²) in [5.41, 5.74) is 6.20. The third kappa shape index (κ3) is 5.50. The number of ether oxygens (including phenoxy) is 1. The highest BCUT2D eigenvalue weighted by atomic mass is 16.5. The predicted octanol–water partition coefficient (Wildman–Crippen LogP) is 1.39. The van der Waals surface area contributed by atoms with Gasteiger partial charge in [0.15, 0.2) is 0 Å². The van der Waals surface area contributed by atoms with Crippen molar-refractivity contribution < 1.29 is 9.53 Å². The second-order valence-corrected chi connectivity index (χ2v) is 6.25. The van der Waals surface area contributed by atoms with Crippen molar-refractivity contribution in [2.24, 2.45) is 11.1 Å². The van der Waals surface area contributed by atoms with Gasteiger partial charge in [-0.2, -0.15) is 0 Å². The van der Waals surface area contributed by atoms with Crippen molar-refractivity contribution >= 4 is 5.91 Å². The van der Waals surface area contributed by atoms with Crippen LogP contribution in [0.15, 0.2) is 0 Å². The van der Waals surface area contributed by atoms with E-state index in [1.807, 2.05) is 11.8 Å². The first-order valence-electron chi connectivity index (χ1n) is 6.43. The fourth-order valence-electron chi connectivity index (χ4n) is 2.26. The van der Waals surface area contributed by atoms with E-state index < -0.39 is 0 Å². The lowest BCUT2D eigenvalue weighted by molar-refractivity contribution is -0.138. The van der Waals surface area contributed by atoms with E-state index in [1.165, 1.54) is 0 Å². The van der Waals surface area contributed by atoms with E-state index in [-0.39, 0.29) is 23.5 Å². The van der Waals surface area contributed by atoms with Crippen LogP contribution >= 0.6 is 0 Å². The van der Waals surface area contributed by atoms with Crippen LogP contribution in [0.3, 0.4) is 0 Å². The zero-order valence-corrected chi connectivity index (χ0v) is 11.5. The Balaban J connectivity index is 2.38. The molecule has 1 aliphatic heterocycles. The summed E-state index contributed by atoms with van der Waals surface area (Å²) in [6, 6.07) is -0.0411. The van der Waals surface area contributed by atoms with Crippen LogP contribution in [0, 0.1) is 5.41 Å². The second kappa shape index (κ2) is 5.83. The van der Waals surface area contributed by atoms with Crippen LogP contribution in [-0.2, 0) is 9.53 Å². The summed E-state index contributed by atoms with van der Waals surface area (Å²) in [5, 5.41) is 0. The highest BCUT2D eigenvalue weighted by molar-refractivity contribution is 5.76.